The lowest BCUT2D eigenvalue weighted by molar-refractivity contribution is 0.300. The molecule has 0 aliphatic carbocycles. The summed E-state index contributed by atoms with van der Waals surface area (Å²) < 4.78 is 11.6. The third-order valence-electron chi connectivity index (χ3n) is 3.04. The molecule has 2 aromatic rings. The standard InChI is InChI=1S/C17H22N2O2/c1-3-10-20-15-6-4-5-7-16(15)21-17-13(2)11-14(8-9-18)12-19-17/h4-7,11-12H,3,8-10,18H2,1-2H3. The molecular formula is C17H22N2O2. The molecule has 2 rings (SSSR count). The van der Waals surface area contributed by atoms with Crippen molar-refractivity contribution in [2.24, 2.45) is 5.73 Å². The van der Waals surface area contributed by atoms with E-state index >= 15 is 0 Å². The Bertz CT molecular complexity index is 585. The Balaban J connectivity index is 2.18. The van der Waals surface area contributed by atoms with E-state index in [-0.39, 0.29) is 0 Å². The molecule has 112 valence electrons. The van der Waals surface area contributed by atoms with Gasteiger partial charge in [0.15, 0.2) is 11.5 Å². The van der Waals surface area contributed by atoms with Crippen molar-refractivity contribution in [3.05, 3.63) is 47.7 Å². The van der Waals surface area contributed by atoms with Gasteiger partial charge in [-0.1, -0.05) is 19.1 Å². The van der Waals surface area contributed by atoms with E-state index in [0.717, 1.165) is 29.7 Å². The van der Waals surface area contributed by atoms with Crippen LogP contribution in [0, 0.1) is 6.92 Å². The molecule has 0 fully saturated rings. The van der Waals surface area contributed by atoms with Crippen LogP contribution in [0.25, 0.3) is 0 Å². The number of ether oxygens (including phenoxy) is 2. The highest BCUT2D eigenvalue weighted by molar-refractivity contribution is 5.43. The fourth-order valence-corrected chi connectivity index (χ4v) is 2.00. The molecule has 1 aromatic heterocycles. The number of nitrogens with zero attached hydrogens (tertiary/aromatic N) is 1. The minimum Gasteiger partial charge on any atom is -0.490 e. The summed E-state index contributed by atoms with van der Waals surface area (Å²) in [5, 5.41) is 0. The van der Waals surface area contributed by atoms with Crippen molar-refractivity contribution in [2.45, 2.75) is 26.7 Å². The SMILES string of the molecule is CCCOc1ccccc1Oc1ncc(CCN)cc1C. The zero-order chi connectivity index (χ0) is 15.1. The van der Waals surface area contributed by atoms with Gasteiger partial charge < -0.3 is 15.2 Å². The number of nitrogens with two attached hydrogens (primary N) is 1. The van der Waals surface area contributed by atoms with Gasteiger partial charge in [0.05, 0.1) is 6.61 Å². The molecule has 0 amide bonds. The van der Waals surface area contributed by atoms with Gasteiger partial charge in [0.1, 0.15) is 0 Å². The number of aromatic nitrogens is 1. The van der Waals surface area contributed by atoms with Crippen LogP contribution in [0.2, 0.25) is 0 Å². The molecule has 0 aliphatic heterocycles. The summed E-state index contributed by atoms with van der Waals surface area (Å²) in [6.07, 6.45) is 3.59. The first-order valence-electron chi connectivity index (χ1n) is 7.30. The minimum atomic E-state index is 0.600. The molecule has 0 saturated carbocycles. The molecular weight excluding hydrogens is 264 g/mol. The first-order valence-corrected chi connectivity index (χ1v) is 7.30. The summed E-state index contributed by atoms with van der Waals surface area (Å²) in [4.78, 5) is 4.38. The lowest BCUT2D eigenvalue weighted by Crippen LogP contribution is -2.04. The van der Waals surface area contributed by atoms with Gasteiger partial charge in [0.2, 0.25) is 5.88 Å². The molecule has 1 heterocycles. The highest BCUT2D eigenvalue weighted by Gasteiger charge is 2.09. The van der Waals surface area contributed by atoms with E-state index in [2.05, 4.69) is 18.0 Å². The molecule has 0 unspecified atom stereocenters. The Kier molecular flexibility index (Phi) is 5.58. The second-order valence-electron chi connectivity index (χ2n) is 4.90. The van der Waals surface area contributed by atoms with Gasteiger partial charge in [-0.25, -0.2) is 4.98 Å². The number of aryl methyl sites for hydroxylation is 1. The third kappa shape index (κ3) is 4.20. The number of pyridine rings is 1. The Labute approximate surface area is 125 Å². The van der Waals surface area contributed by atoms with Gasteiger partial charge >= 0.3 is 0 Å². The van der Waals surface area contributed by atoms with Crippen molar-refractivity contribution in [3.63, 3.8) is 0 Å². The van der Waals surface area contributed by atoms with Gasteiger partial charge in [-0.2, -0.15) is 0 Å². The lowest BCUT2D eigenvalue weighted by atomic mass is 10.1. The van der Waals surface area contributed by atoms with Gasteiger partial charge in [-0.15, -0.1) is 0 Å². The normalized spacial score (nSPS) is 10.4. The highest BCUT2D eigenvalue weighted by Crippen LogP contribution is 2.31. The summed E-state index contributed by atoms with van der Waals surface area (Å²) in [6.45, 7) is 5.35. The van der Waals surface area contributed by atoms with E-state index in [1.807, 2.05) is 37.4 Å². The number of hydrogen-bond acceptors (Lipinski definition) is 4. The summed E-state index contributed by atoms with van der Waals surface area (Å²) in [5.74, 6) is 2.03. The minimum absolute atomic E-state index is 0.600. The second-order valence-corrected chi connectivity index (χ2v) is 4.90. The van der Waals surface area contributed by atoms with Gasteiger partial charge in [0.25, 0.3) is 0 Å². The quantitative estimate of drug-likeness (QED) is 0.846. The molecule has 1 aromatic carbocycles. The Morgan fingerprint density at radius 1 is 1.19 bits per heavy atom. The molecule has 2 N–H and O–H groups in total. The van der Waals surface area contributed by atoms with Crippen molar-refractivity contribution in [2.75, 3.05) is 13.2 Å². The molecule has 0 radical (unpaired) electrons. The summed E-state index contributed by atoms with van der Waals surface area (Å²) >= 11 is 0. The number of benzene rings is 1. The smallest absolute Gasteiger partial charge is 0.222 e. The van der Waals surface area contributed by atoms with Gasteiger partial charge in [-0.3, -0.25) is 0 Å². The second kappa shape index (κ2) is 7.64. The molecule has 4 heteroatoms. The van der Waals surface area contributed by atoms with Crippen LogP contribution in [0.3, 0.4) is 0 Å². The molecule has 21 heavy (non-hydrogen) atoms. The molecule has 0 bridgehead atoms. The molecule has 0 spiro atoms. The topological polar surface area (TPSA) is 57.4 Å². The first-order chi connectivity index (χ1) is 10.2. The van der Waals surface area contributed by atoms with Crippen LogP contribution in [0.15, 0.2) is 36.5 Å². The molecule has 0 atom stereocenters. The maximum atomic E-state index is 5.90. The Morgan fingerprint density at radius 3 is 2.62 bits per heavy atom. The van der Waals surface area contributed by atoms with E-state index in [4.69, 9.17) is 15.2 Å². The van der Waals surface area contributed by atoms with Gasteiger partial charge in [-0.05, 0) is 50.1 Å². The predicted octanol–water partition coefficient (Wildman–Crippen LogP) is 3.47. The molecule has 0 saturated heterocycles. The third-order valence-corrected chi connectivity index (χ3v) is 3.04. The van der Waals surface area contributed by atoms with Crippen LogP contribution >= 0.6 is 0 Å². The Hall–Kier alpha value is -2.07. The summed E-state index contributed by atoms with van der Waals surface area (Å²) in [5.41, 5.74) is 7.68. The maximum Gasteiger partial charge on any atom is 0.222 e. The first kappa shape index (κ1) is 15.3. The zero-order valence-electron chi connectivity index (χ0n) is 12.6. The fourth-order valence-electron chi connectivity index (χ4n) is 2.00. The Morgan fingerprint density at radius 2 is 1.95 bits per heavy atom. The van der Waals surface area contributed by atoms with Crippen molar-refractivity contribution in [3.8, 4) is 17.4 Å². The average Bonchev–Trinajstić information content (AvgIpc) is 2.49. The zero-order valence-corrected chi connectivity index (χ0v) is 12.6. The van der Waals surface area contributed by atoms with E-state index in [9.17, 15) is 0 Å². The van der Waals surface area contributed by atoms with E-state index in [0.29, 0.717) is 24.8 Å². The molecule has 4 nitrogen and oxygen atoms in total. The van der Waals surface area contributed by atoms with Crippen LogP contribution < -0.4 is 15.2 Å². The van der Waals surface area contributed by atoms with Crippen LogP contribution in [-0.2, 0) is 6.42 Å². The summed E-state index contributed by atoms with van der Waals surface area (Å²) in [7, 11) is 0. The van der Waals surface area contributed by atoms with Crippen molar-refractivity contribution < 1.29 is 9.47 Å². The van der Waals surface area contributed by atoms with E-state index in [1.54, 1.807) is 0 Å². The van der Waals surface area contributed by atoms with Crippen molar-refractivity contribution >= 4 is 0 Å². The monoisotopic (exact) mass is 286 g/mol. The van der Waals surface area contributed by atoms with E-state index in [1.165, 1.54) is 0 Å². The van der Waals surface area contributed by atoms with E-state index < -0.39 is 0 Å². The van der Waals surface area contributed by atoms with Crippen molar-refractivity contribution in [1.29, 1.82) is 0 Å². The van der Waals surface area contributed by atoms with Crippen LogP contribution in [0.4, 0.5) is 0 Å². The fraction of sp³-hybridized carbons (Fsp3) is 0.353. The average molecular weight is 286 g/mol. The highest BCUT2D eigenvalue weighted by atomic mass is 16.5. The number of hydrogen-bond donors (Lipinski definition) is 1. The number of rotatable bonds is 7. The van der Waals surface area contributed by atoms with Crippen LogP contribution in [0.1, 0.15) is 24.5 Å². The number of para-hydroxylation sites is 2. The molecule has 0 aliphatic rings. The summed E-state index contributed by atoms with van der Waals surface area (Å²) in [6, 6.07) is 9.71. The van der Waals surface area contributed by atoms with Gasteiger partial charge in [0, 0.05) is 11.8 Å². The van der Waals surface area contributed by atoms with Crippen molar-refractivity contribution in [1.82, 2.24) is 4.98 Å². The van der Waals surface area contributed by atoms with Crippen LogP contribution in [0.5, 0.6) is 17.4 Å². The largest absolute Gasteiger partial charge is 0.490 e. The predicted molar refractivity (Wildman–Crippen MR) is 84.0 cm³/mol. The van der Waals surface area contributed by atoms with Crippen LogP contribution in [-0.4, -0.2) is 18.1 Å². The lowest BCUT2D eigenvalue weighted by Gasteiger charge is -2.13. The maximum absolute atomic E-state index is 5.90.